The average molecular weight is 661 g/mol. The maximum atomic E-state index is 8.52. The van der Waals surface area contributed by atoms with Crippen LogP contribution in [0.5, 0.6) is 0 Å². The minimum atomic E-state index is -5.17. The van der Waals surface area contributed by atoms with Gasteiger partial charge in [-0.3, -0.25) is 25.3 Å². The van der Waals surface area contributed by atoms with E-state index in [9.17, 15) is 0 Å². The molecule has 0 aliphatic heterocycles. The van der Waals surface area contributed by atoms with Crippen molar-refractivity contribution in [3.63, 3.8) is 0 Å². The molecule has 0 saturated heterocycles. The Morgan fingerprint density at radius 1 is 0.412 bits per heavy atom. The molecule has 0 atom stereocenters. The van der Waals surface area contributed by atoms with Crippen molar-refractivity contribution >= 4 is 31.2 Å². The zero-order chi connectivity index (χ0) is 13.5. The van der Waals surface area contributed by atoms with Gasteiger partial charge in [-0.25, -0.2) is 0 Å². The fraction of sp³-hybridized carbons (Fsp3) is 0. The predicted octanol–water partition coefficient (Wildman–Crippen LogP) is -4.02. The molecule has 0 saturated carbocycles. The van der Waals surface area contributed by atoms with E-state index < -0.39 is 31.2 Å². The summed E-state index contributed by atoms with van der Waals surface area (Å²) in [5, 5.41) is 0. The number of hydrogen-bond donors (Lipinski definition) is 0. The van der Waals surface area contributed by atoms with Gasteiger partial charge in [0.25, 0.3) is 0 Å². The van der Waals surface area contributed by atoms with Crippen LogP contribution in [0.15, 0.2) is 0 Å². The van der Waals surface area contributed by atoms with E-state index in [1.807, 2.05) is 0 Å². The van der Waals surface area contributed by atoms with Gasteiger partial charge in [-0.15, -0.1) is 0 Å². The summed E-state index contributed by atoms with van der Waals surface area (Å²) in [4.78, 5) is 0. The molecule has 0 aromatic rings. The maximum absolute atomic E-state index is 8.52. The Morgan fingerprint density at radius 2 is 0.412 bits per heavy atom. The molecule has 0 aliphatic carbocycles. The van der Waals surface area contributed by atoms with Gasteiger partial charge in [0.1, 0.15) is 0 Å². The third-order valence-electron chi connectivity index (χ3n) is 0. The van der Waals surface area contributed by atoms with Crippen LogP contribution in [0.3, 0.4) is 0 Å². The summed E-state index contributed by atoms with van der Waals surface area (Å²) in [7, 11) is -15.5. The monoisotopic (exact) mass is 662 g/mol. The molecule has 0 radical (unpaired) electrons. The molecule has 0 aliphatic rings. The van der Waals surface area contributed by atoms with Crippen LogP contribution >= 0.6 is 0 Å². The van der Waals surface area contributed by atoms with E-state index in [1.165, 1.54) is 0 Å². The van der Waals surface area contributed by atoms with E-state index in [4.69, 9.17) is 52.6 Å². The van der Waals surface area contributed by atoms with E-state index in [1.54, 1.807) is 0 Å². The minimum Gasteiger partial charge on any atom is -0.759 e. The minimum absolute atomic E-state index is 0. The molecular formula is O12Re2S3. The predicted molar refractivity (Wildman–Crippen MR) is 31.4 cm³/mol. The van der Waals surface area contributed by atoms with E-state index in [0.717, 1.165) is 0 Å². The summed E-state index contributed by atoms with van der Waals surface area (Å²) in [6.07, 6.45) is 0. The summed E-state index contributed by atoms with van der Waals surface area (Å²) in [5.74, 6) is 0. The van der Waals surface area contributed by atoms with Crippen LogP contribution in [-0.4, -0.2) is 52.6 Å². The Morgan fingerprint density at radius 3 is 0.412 bits per heavy atom. The molecule has 0 amide bonds. The summed E-state index contributed by atoms with van der Waals surface area (Å²) in [5.41, 5.74) is 0. The molecule has 104 valence electrons. The van der Waals surface area contributed by atoms with Crippen LogP contribution in [0.2, 0.25) is 0 Å². The molecule has 0 heterocycles. The van der Waals surface area contributed by atoms with Gasteiger partial charge < -0.3 is 27.3 Å². The third-order valence-corrected chi connectivity index (χ3v) is 0. The van der Waals surface area contributed by atoms with Gasteiger partial charge in [-0.05, 0) is 0 Å². The van der Waals surface area contributed by atoms with Gasteiger partial charge in [0, 0.05) is 31.2 Å². The largest absolute Gasteiger partial charge is 3.00 e. The van der Waals surface area contributed by atoms with Crippen LogP contribution < -0.4 is 0 Å². The van der Waals surface area contributed by atoms with Gasteiger partial charge in [-0.2, -0.15) is 0 Å². The Labute approximate surface area is 124 Å². The molecule has 0 rings (SSSR count). The van der Waals surface area contributed by atoms with Crippen LogP contribution in [-0.2, 0) is 72.0 Å². The van der Waals surface area contributed by atoms with Crippen LogP contribution in [0, 0.1) is 0 Å². The molecule has 0 N–H and O–H groups in total. The zero-order valence-electron chi connectivity index (χ0n) is 6.88. The Balaban J connectivity index is -0.0000000400. The van der Waals surface area contributed by atoms with Crippen molar-refractivity contribution < 1.29 is 93.4 Å². The fourth-order valence-electron chi connectivity index (χ4n) is 0. The van der Waals surface area contributed by atoms with Gasteiger partial charge in [0.2, 0.25) is 0 Å². The number of rotatable bonds is 0. The SMILES string of the molecule is O=S(=O)([O-])[O-].O=S(=O)([O-])[O-].O=S(=O)([O-])[O-].[Re+3].[Re+3]. The molecule has 0 spiro atoms. The van der Waals surface area contributed by atoms with E-state index in [2.05, 4.69) is 0 Å². The molecule has 0 bridgehead atoms. The Bertz CT molecular complexity index is 341. The molecule has 17 heavy (non-hydrogen) atoms. The van der Waals surface area contributed by atoms with Crippen LogP contribution in [0.1, 0.15) is 0 Å². The van der Waals surface area contributed by atoms with Crippen molar-refractivity contribution in [1.29, 1.82) is 0 Å². The summed E-state index contributed by atoms with van der Waals surface area (Å²) in [6, 6.07) is 0. The van der Waals surface area contributed by atoms with Gasteiger partial charge >= 0.3 is 40.8 Å². The van der Waals surface area contributed by atoms with Crippen LogP contribution in [0.25, 0.3) is 0 Å². The quantitative estimate of drug-likeness (QED) is 0.178. The van der Waals surface area contributed by atoms with Crippen molar-refractivity contribution in [2.45, 2.75) is 0 Å². The molecule has 0 unspecified atom stereocenters. The van der Waals surface area contributed by atoms with E-state index in [0.29, 0.717) is 0 Å². The summed E-state index contributed by atoms with van der Waals surface area (Å²) < 4.78 is 102. The summed E-state index contributed by atoms with van der Waals surface area (Å²) >= 11 is 0. The normalized spacial score (nSPS) is 10.2. The summed E-state index contributed by atoms with van der Waals surface area (Å²) in [6.45, 7) is 0. The first kappa shape index (κ1) is 30.7. The third kappa shape index (κ3) is 4320. The fourth-order valence-corrected chi connectivity index (χ4v) is 0. The van der Waals surface area contributed by atoms with Crippen molar-refractivity contribution in [2.24, 2.45) is 0 Å². The zero-order valence-corrected chi connectivity index (χ0v) is 14.8. The second kappa shape index (κ2) is 12.0. The first-order chi connectivity index (χ1) is 6.00. The standard InChI is InChI=1S/3H2O4S.2Re/c3*1-5(2,3)4;;/h3*(H2,1,2,3,4);;/q;;;2*+3/p-6. The van der Waals surface area contributed by atoms with Gasteiger partial charge in [0.05, 0.1) is 0 Å². The first-order valence-corrected chi connectivity index (χ1v) is 6.00. The van der Waals surface area contributed by atoms with Crippen molar-refractivity contribution in [1.82, 2.24) is 0 Å². The first-order valence-electron chi connectivity index (χ1n) is 2.00. The Kier molecular flexibility index (Phi) is 21.7. The van der Waals surface area contributed by atoms with Crippen molar-refractivity contribution in [3.8, 4) is 0 Å². The molecule has 12 nitrogen and oxygen atoms in total. The maximum Gasteiger partial charge on any atom is 3.00 e. The van der Waals surface area contributed by atoms with E-state index >= 15 is 0 Å². The van der Waals surface area contributed by atoms with Gasteiger partial charge in [-0.1, -0.05) is 0 Å². The Hall–Kier alpha value is 0.935. The second-order valence-electron chi connectivity index (χ2n) is 1.22. The van der Waals surface area contributed by atoms with Gasteiger partial charge in [0.15, 0.2) is 0 Å². The van der Waals surface area contributed by atoms with Crippen molar-refractivity contribution in [2.75, 3.05) is 0 Å². The second-order valence-corrected chi connectivity index (χ2v) is 3.67. The molecule has 0 aromatic carbocycles. The van der Waals surface area contributed by atoms with E-state index in [-0.39, 0.29) is 40.8 Å². The molecule has 0 fully saturated rings. The van der Waals surface area contributed by atoms with Crippen molar-refractivity contribution in [3.05, 3.63) is 0 Å². The topological polar surface area (TPSA) is 241 Å². The van der Waals surface area contributed by atoms with Crippen LogP contribution in [0.4, 0.5) is 0 Å². The smallest absolute Gasteiger partial charge is 0.759 e. The molecular weight excluding hydrogens is 661 g/mol. The number of hydrogen-bond acceptors (Lipinski definition) is 12. The molecule has 17 heteroatoms. The molecule has 0 aromatic heterocycles. The average Bonchev–Trinajstić information content (AvgIpc) is 1.41.